The molecule has 0 N–H and O–H groups in total. The highest BCUT2D eigenvalue weighted by molar-refractivity contribution is 5.95. The van der Waals surface area contributed by atoms with Crippen LogP contribution in [0.2, 0.25) is 0 Å². The Labute approximate surface area is 88.3 Å². The molecule has 0 saturated carbocycles. The molecule has 0 unspecified atom stereocenters. The quantitative estimate of drug-likeness (QED) is 0.328. The SMILES string of the molecule is CC(=O)c1cc(N=[N+]=[N-])cc(C(F)(F)F)c1. The van der Waals surface area contributed by atoms with Gasteiger partial charge in [-0.3, -0.25) is 4.79 Å². The Balaban J connectivity index is 3.41. The Morgan fingerprint density at radius 3 is 2.44 bits per heavy atom. The summed E-state index contributed by atoms with van der Waals surface area (Å²) in [7, 11) is 0. The fourth-order valence-corrected chi connectivity index (χ4v) is 1.09. The van der Waals surface area contributed by atoms with Crippen LogP contribution in [0.5, 0.6) is 0 Å². The number of ketones is 1. The minimum Gasteiger partial charge on any atom is -0.295 e. The molecule has 0 spiro atoms. The lowest BCUT2D eigenvalue weighted by Gasteiger charge is -2.08. The fourth-order valence-electron chi connectivity index (χ4n) is 1.09. The Bertz CT molecular complexity index is 455. The van der Waals surface area contributed by atoms with Crippen LogP contribution in [0.25, 0.3) is 10.4 Å². The number of carbonyl (C=O) groups is 1. The molecule has 1 rings (SSSR count). The highest BCUT2D eigenvalue weighted by Gasteiger charge is 2.31. The topological polar surface area (TPSA) is 65.8 Å². The zero-order valence-electron chi connectivity index (χ0n) is 8.12. The number of alkyl halides is 3. The van der Waals surface area contributed by atoms with Gasteiger partial charge in [-0.05, 0) is 30.7 Å². The van der Waals surface area contributed by atoms with E-state index in [4.69, 9.17) is 5.53 Å². The van der Waals surface area contributed by atoms with Gasteiger partial charge in [0, 0.05) is 16.2 Å². The van der Waals surface area contributed by atoms with Crippen LogP contribution < -0.4 is 0 Å². The van der Waals surface area contributed by atoms with Crippen molar-refractivity contribution in [2.45, 2.75) is 13.1 Å². The molecule has 0 aliphatic carbocycles. The van der Waals surface area contributed by atoms with Gasteiger partial charge in [0.25, 0.3) is 0 Å². The minimum absolute atomic E-state index is 0.141. The Hall–Kier alpha value is -2.01. The molecule has 0 amide bonds. The van der Waals surface area contributed by atoms with Crippen molar-refractivity contribution in [3.63, 3.8) is 0 Å². The molecule has 0 fully saturated rings. The summed E-state index contributed by atoms with van der Waals surface area (Å²) in [5.41, 5.74) is 6.75. The summed E-state index contributed by atoms with van der Waals surface area (Å²) in [5.74, 6) is -0.527. The second kappa shape index (κ2) is 4.24. The monoisotopic (exact) mass is 229 g/mol. The van der Waals surface area contributed by atoms with Crippen LogP contribution in [-0.2, 0) is 6.18 Å². The first-order chi connectivity index (χ1) is 7.34. The van der Waals surface area contributed by atoms with Gasteiger partial charge < -0.3 is 0 Å². The van der Waals surface area contributed by atoms with Crippen molar-refractivity contribution >= 4 is 11.5 Å². The first kappa shape index (κ1) is 12.1. The van der Waals surface area contributed by atoms with Gasteiger partial charge in [0.1, 0.15) is 0 Å². The van der Waals surface area contributed by atoms with Crippen LogP contribution in [0.1, 0.15) is 22.8 Å². The first-order valence-corrected chi connectivity index (χ1v) is 4.13. The molecule has 0 aliphatic rings. The average molecular weight is 229 g/mol. The summed E-state index contributed by atoms with van der Waals surface area (Å²) in [6, 6.07) is 2.52. The van der Waals surface area contributed by atoms with Crippen LogP contribution in [-0.4, -0.2) is 5.78 Å². The molecule has 0 aliphatic heterocycles. The predicted octanol–water partition coefficient (Wildman–Crippen LogP) is 3.85. The maximum absolute atomic E-state index is 12.4. The largest absolute Gasteiger partial charge is 0.416 e. The van der Waals surface area contributed by atoms with E-state index >= 15 is 0 Å². The van der Waals surface area contributed by atoms with Gasteiger partial charge in [-0.15, -0.1) is 0 Å². The molecular weight excluding hydrogens is 223 g/mol. The number of halogens is 3. The van der Waals surface area contributed by atoms with E-state index in [-0.39, 0.29) is 11.3 Å². The van der Waals surface area contributed by atoms with Crippen LogP contribution in [0.4, 0.5) is 18.9 Å². The van der Waals surface area contributed by atoms with Crippen LogP contribution in [0.3, 0.4) is 0 Å². The van der Waals surface area contributed by atoms with E-state index in [2.05, 4.69) is 10.0 Å². The van der Waals surface area contributed by atoms with Crippen molar-refractivity contribution < 1.29 is 18.0 Å². The number of benzene rings is 1. The van der Waals surface area contributed by atoms with Gasteiger partial charge in [-0.1, -0.05) is 5.11 Å². The second-order valence-electron chi connectivity index (χ2n) is 3.01. The second-order valence-corrected chi connectivity index (χ2v) is 3.01. The van der Waals surface area contributed by atoms with E-state index in [0.717, 1.165) is 19.1 Å². The number of Topliss-reactive ketones (excluding diaryl/α,β-unsaturated/α-hetero) is 1. The van der Waals surface area contributed by atoms with Crippen molar-refractivity contribution in [1.82, 2.24) is 0 Å². The lowest BCUT2D eigenvalue weighted by molar-refractivity contribution is -0.137. The van der Waals surface area contributed by atoms with E-state index in [1.165, 1.54) is 0 Å². The molecule has 0 radical (unpaired) electrons. The molecule has 1 aromatic carbocycles. The molecule has 4 nitrogen and oxygen atoms in total. The number of rotatable bonds is 2. The van der Waals surface area contributed by atoms with Crippen molar-refractivity contribution in [3.05, 3.63) is 39.8 Å². The Morgan fingerprint density at radius 2 is 2.00 bits per heavy atom. The normalized spacial score (nSPS) is 10.8. The third-order valence-corrected chi connectivity index (χ3v) is 1.81. The molecule has 1 aromatic rings. The van der Waals surface area contributed by atoms with Crippen molar-refractivity contribution in [2.75, 3.05) is 0 Å². The molecule has 0 heterocycles. The molecule has 7 heteroatoms. The summed E-state index contributed by atoms with van der Waals surface area (Å²) in [6.07, 6.45) is -4.58. The summed E-state index contributed by atoms with van der Waals surface area (Å²) >= 11 is 0. The molecule has 0 saturated heterocycles. The van der Waals surface area contributed by atoms with E-state index in [1.807, 2.05) is 0 Å². The van der Waals surface area contributed by atoms with Gasteiger partial charge in [-0.25, -0.2) is 0 Å². The highest BCUT2D eigenvalue weighted by Crippen LogP contribution is 2.32. The van der Waals surface area contributed by atoms with Gasteiger partial charge in [0.05, 0.1) is 5.56 Å². The van der Waals surface area contributed by atoms with Gasteiger partial charge in [-0.2, -0.15) is 13.2 Å². The number of azide groups is 1. The Morgan fingerprint density at radius 1 is 1.38 bits per heavy atom. The summed E-state index contributed by atoms with van der Waals surface area (Å²) in [5, 5.41) is 3.05. The molecule has 84 valence electrons. The summed E-state index contributed by atoms with van der Waals surface area (Å²) < 4.78 is 37.2. The smallest absolute Gasteiger partial charge is 0.295 e. The van der Waals surface area contributed by atoms with Crippen LogP contribution in [0, 0.1) is 0 Å². The molecule has 0 bridgehead atoms. The third-order valence-electron chi connectivity index (χ3n) is 1.81. The zero-order valence-corrected chi connectivity index (χ0v) is 8.12. The minimum atomic E-state index is -4.58. The lowest BCUT2D eigenvalue weighted by Crippen LogP contribution is -2.06. The van der Waals surface area contributed by atoms with Crippen molar-refractivity contribution in [1.29, 1.82) is 0 Å². The van der Waals surface area contributed by atoms with Crippen LogP contribution >= 0.6 is 0 Å². The standard InChI is InChI=1S/C9H6F3N3O/c1-5(16)6-2-7(9(10,11)12)4-8(3-6)14-15-13/h2-4H,1H3. The average Bonchev–Trinajstić information content (AvgIpc) is 2.16. The summed E-state index contributed by atoms with van der Waals surface area (Å²) in [4.78, 5) is 13.4. The van der Waals surface area contributed by atoms with E-state index in [1.54, 1.807) is 0 Å². The predicted molar refractivity (Wildman–Crippen MR) is 50.3 cm³/mol. The lowest BCUT2D eigenvalue weighted by atomic mass is 10.1. The Kier molecular flexibility index (Phi) is 3.20. The van der Waals surface area contributed by atoms with Gasteiger partial charge >= 0.3 is 6.18 Å². The fraction of sp³-hybridized carbons (Fsp3) is 0.222. The number of carbonyl (C=O) groups excluding carboxylic acids is 1. The van der Waals surface area contributed by atoms with E-state index in [0.29, 0.717) is 6.07 Å². The van der Waals surface area contributed by atoms with E-state index in [9.17, 15) is 18.0 Å². The van der Waals surface area contributed by atoms with Crippen molar-refractivity contribution in [2.24, 2.45) is 5.11 Å². The maximum Gasteiger partial charge on any atom is 0.416 e. The highest BCUT2D eigenvalue weighted by atomic mass is 19.4. The molecule has 16 heavy (non-hydrogen) atoms. The number of hydrogen-bond acceptors (Lipinski definition) is 2. The third kappa shape index (κ3) is 2.74. The van der Waals surface area contributed by atoms with Gasteiger partial charge in [0.2, 0.25) is 0 Å². The molecular formula is C9H6F3N3O. The van der Waals surface area contributed by atoms with Crippen molar-refractivity contribution in [3.8, 4) is 0 Å². The zero-order chi connectivity index (χ0) is 12.3. The number of nitrogens with zero attached hydrogens (tertiary/aromatic N) is 3. The first-order valence-electron chi connectivity index (χ1n) is 4.13. The maximum atomic E-state index is 12.4. The van der Waals surface area contributed by atoms with Gasteiger partial charge in [0.15, 0.2) is 5.78 Å². The van der Waals surface area contributed by atoms with E-state index < -0.39 is 17.5 Å². The molecule has 0 atom stereocenters. The van der Waals surface area contributed by atoms with Crippen LogP contribution in [0.15, 0.2) is 23.3 Å². The summed E-state index contributed by atoms with van der Waals surface area (Å²) in [6.45, 7) is 1.13. The molecule has 0 aromatic heterocycles. The number of hydrogen-bond donors (Lipinski definition) is 0.